The molecule has 39 heavy (non-hydrogen) atoms. The predicted octanol–water partition coefficient (Wildman–Crippen LogP) is 5.39. The zero-order valence-corrected chi connectivity index (χ0v) is 22.4. The summed E-state index contributed by atoms with van der Waals surface area (Å²) in [6.45, 7) is 4.31. The van der Waals surface area contributed by atoms with E-state index in [0.717, 1.165) is 27.8 Å². The molecule has 0 saturated carbocycles. The number of amides is 2. The Kier molecular flexibility index (Phi) is 9.36. The number of rotatable bonds is 12. The summed E-state index contributed by atoms with van der Waals surface area (Å²) in [7, 11) is 0. The zero-order chi connectivity index (χ0) is 27.8. The number of carboxylic acid groups (broad SMARTS) is 1. The van der Waals surface area contributed by atoms with Crippen LogP contribution in [0.3, 0.4) is 0 Å². The van der Waals surface area contributed by atoms with Gasteiger partial charge in [0.15, 0.2) is 0 Å². The summed E-state index contributed by atoms with van der Waals surface area (Å²) in [4.78, 5) is 37.4. The smallest absolute Gasteiger partial charge is 0.407 e. The Labute approximate surface area is 229 Å². The van der Waals surface area contributed by atoms with Crippen LogP contribution in [0.2, 0.25) is 0 Å². The minimum absolute atomic E-state index is 0.0485. The second kappa shape index (κ2) is 13.1. The number of hydrogen-bond donors (Lipinski definition) is 3. The van der Waals surface area contributed by atoms with Crippen molar-refractivity contribution in [3.05, 3.63) is 95.6 Å². The van der Waals surface area contributed by atoms with Crippen molar-refractivity contribution in [2.75, 3.05) is 13.2 Å². The summed E-state index contributed by atoms with van der Waals surface area (Å²) >= 11 is 0. The Balaban J connectivity index is 1.35. The highest BCUT2D eigenvalue weighted by Crippen LogP contribution is 2.44. The van der Waals surface area contributed by atoms with Gasteiger partial charge in [0.25, 0.3) is 0 Å². The van der Waals surface area contributed by atoms with Crippen LogP contribution in [-0.4, -0.2) is 42.3 Å². The van der Waals surface area contributed by atoms with Gasteiger partial charge >= 0.3 is 12.1 Å². The molecule has 0 aromatic heterocycles. The molecule has 4 rings (SSSR count). The average Bonchev–Trinajstić information content (AvgIpc) is 3.23. The number of carbonyl (C=O) groups excluding carboxylic acids is 2. The normalized spacial score (nSPS) is 13.7. The Morgan fingerprint density at radius 1 is 0.872 bits per heavy atom. The van der Waals surface area contributed by atoms with Gasteiger partial charge in [0.05, 0.1) is 12.3 Å². The first-order chi connectivity index (χ1) is 18.8. The molecule has 1 aliphatic carbocycles. The van der Waals surface area contributed by atoms with Gasteiger partial charge in [0.1, 0.15) is 6.61 Å². The summed E-state index contributed by atoms with van der Waals surface area (Å²) in [5.41, 5.74) is 5.52. The fourth-order valence-corrected chi connectivity index (χ4v) is 5.31. The number of fused-ring (bicyclic) bond motifs is 3. The van der Waals surface area contributed by atoms with Crippen molar-refractivity contribution < 1.29 is 24.2 Å². The Morgan fingerprint density at radius 2 is 1.46 bits per heavy atom. The summed E-state index contributed by atoms with van der Waals surface area (Å²) in [5.74, 6) is -1.61. The molecular formula is C32H36N2O5. The number of carbonyl (C=O) groups is 3. The molecular weight excluding hydrogens is 492 g/mol. The van der Waals surface area contributed by atoms with Crippen molar-refractivity contribution in [3.63, 3.8) is 0 Å². The van der Waals surface area contributed by atoms with Gasteiger partial charge in [-0.05, 0) is 46.6 Å². The van der Waals surface area contributed by atoms with E-state index in [1.165, 1.54) is 0 Å². The lowest BCUT2D eigenvalue weighted by Crippen LogP contribution is -2.45. The van der Waals surface area contributed by atoms with Gasteiger partial charge in [-0.15, -0.1) is 0 Å². The lowest BCUT2D eigenvalue weighted by atomic mass is 9.95. The first-order valence-electron chi connectivity index (χ1n) is 13.5. The SMILES string of the molecule is CC(C)C[C@@H](CNC(=O)OCC1c2ccccc2-c2ccccc21)C(=O)N[C@H](CC(=O)O)Cc1ccccc1. The molecule has 204 valence electrons. The van der Waals surface area contributed by atoms with E-state index in [1.807, 2.05) is 68.4 Å². The lowest BCUT2D eigenvalue weighted by Gasteiger charge is -2.23. The van der Waals surface area contributed by atoms with Crippen molar-refractivity contribution >= 4 is 18.0 Å². The predicted molar refractivity (Wildman–Crippen MR) is 150 cm³/mol. The van der Waals surface area contributed by atoms with Gasteiger partial charge in [-0.1, -0.05) is 92.7 Å². The van der Waals surface area contributed by atoms with Gasteiger partial charge in [0.2, 0.25) is 5.91 Å². The summed E-state index contributed by atoms with van der Waals surface area (Å²) < 4.78 is 5.63. The molecule has 2 amide bonds. The highest BCUT2D eigenvalue weighted by atomic mass is 16.5. The molecule has 0 spiro atoms. The van der Waals surface area contributed by atoms with Gasteiger partial charge in [-0.3, -0.25) is 9.59 Å². The molecule has 7 heteroatoms. The van der Waals surface area contributed by atoms with Crippen LogP contribution < -0.4 is 10.6 Å². The third-order valence-electron chi connectivity index (χ3n) is 7.06. The largest absolute Gasteiger partial charge is 0.481 e. The van der Waals surface area contributed by atoms with E-state index < -0.39 is 24.0 Å². The number of nitrogens with one attached hydrogen (secondary N) is 2. The van der Waals surface area contributed by atoms with Crippen molar-refractivity contribution in [1.29, 1.82) is 0 Å². The van der Waals surface area contributed by atoms with Crippen LogP contribution in [0.5, 0.6) is 0 Å². The summed E-state index contributed by atoms with van der Waals surface area (Å²) in [6, 6.07) is 25.2. The van der Waals surface area contributed by atoms with Gasteiger partial charge in [0, 0.05) is 18.5 Å². The third-order valence-corrected chi connectivity index (χ3v) is 7.06. The zero-order valence-electron chi connectivity index (χ0n) is 22.4. The molecule has 0 radical (unpaired) electrons. The average molecular weight is 529 g/mol. The molecule has 2 atom stereocenters. The van der Waals surface area contributed by atoms with E-state index in [4.69, 9.17) is 4.74 Å². The maximum absolute atomic E-state index is 13.2. The Hall–Kier alpha value is -4.13. The highest BCUT2D eigenvalue weighted by molar-refractivity contribution is 5.81. The first kappa shape index (κ1) is 27.9. The highest BCUT2D eigenvalue weighted by Gasteiger charge is 2.29. The summed E-state index contributed by atoms with van der Waals surface area (Å²) in [6.07, 6.45) is 0.188. The molecule has 3 N–H and O–H groups in total. The van der Waals surface area contributed by atoms with E-state index in [-0.39, 0.29) is 37.3 Å². The van der Waals surface area contributed by atoms with Crippen LogP contribution in [0.25, 0.3) is 11.1 Å². The van der Waals surface area contributed by atoms with Crippen LogP contribution in [0.1, 0.15) is 49.3 Å². The molecule has 0 aliphatic heterocycles. The lowest BCUT2D eigenvalue weighted by molar-refractivity contribution is -0.137. The topological polar surface area (TPSA) is 105 Å². The van der Waals surface area contributed by atoms with E-state index >= 15 is 0 Å². The fourth-order valence-electron chi connectivity index (χ4n) is 5.31. The summed E-state index contributed by atoms with van der Waals surface area (Å²) in [5, 5.41) is 15.1. The van der Waals surface area contributed by atoms with E-state index in [9.17, 15) is 19.5 Å². The van der Waals surface area contributed by atoms with Crippen molar-refractivity contribution in [2.24, 2.45) is 11.8 Å². The quantitative estimate of drug-likeness (QED) is 0.292. The molecule has 0 saturated heterocycles. The van der Waals surface area contributed by atoms with E-state index in [1.54, 1.807) is 0 Å². The van der Waals surface area contributed by atoms with E-state index in [2.05, 4.69) is 34.9 Å². The van der Waals surface area contributed by atoms with Crippen LogP contribution in [0.4, 0.5) is 4.79 Å². The third kappa shape index (κ3) is 7.47. The van der Waals surface area contributed by atoms with Crippen LogP contribution in [0.15, 0.2) is 78.9 Å². The molecule has 3 aromatic rings. The molecule has 1 aliphatic rings. The molecule has 3 aromatic carbocycles. The standard InChI is InChI=1S/C32H36N2O5/c1-21(2)16-23(31(37)34-24(18-30(35)36)17-22-10-4-3-5-11-22)19-33-32(38)39-20-29-27-14-8-6-12-25(27)26-13-7-9-15-28(26)29/h3-15,21,23-24,29H,16-20H2,1-2H3,(H,33,38)(H,34,37)(H,35,36)/t23-,24-/m0/s1. The molecule has 0 fully saturated rings. The van der Waals surface area contributed by atoms with Crippen molar-refractivity contribution in [1.82, 2.24) is 10.6 Å². The Bertz CT molecular complexity index is 1240. The number of aliphatic carboxylic acids is 1. The van der Waals surface area contributed by atoms with Gasteiger partial charge in [-0.25, -0.2) is 4.79 Å². The minimum Gasteiger partial charge on any atom is -0.481 e. The van der Waals surface area contributed by atoms with Crippen LogP contribution in [0, 0.1) is 11.8 Å². The number of ether oxygens (including phenoxy) is 1. The van der Waals surface area contributed by atoms with Gasteiger partial charge < -0.3 is 20.5 Å². The van der Waals surface area contributed by atoms with E-state index in [0.29, 0.717) is 12.8 Å². The van der Waals surface area contributed by atoms with Crippen LogP contribution in [-0.2, 0) is 20.7 Å². The number of benzene rings is 3. The second-order valence-electron chi connectivity index (χ2n) is 10.5. The maximum atomic E-state index is 13.2. The number of hydrogen-bond acceptors (Lipinski definition) is 4. The second-order valence-corrected chi connectivity index (χ2v) is 10.5. The Morgan fingerprint density at radius 3 is 2.05 bits per heavy atom. The van der Waals surface area contributed by atoms with Crippen molar-refractivity contribution in [2.45, 2.75) is 45.1 Å². The number of alkyl carbamates (subject to hydrolysis) is 1. The monoisotopic (exact) mass is 528 g/mol. The molecule has 0 unspecified atom stereocenters. The molecule has 0 bridgehead atoms. The fraction of sp³-hybridized carbons (Fsp3) is 0.344. The first-order valence-corrected chi connectivity index (χ1v) is 13.5. The molecule has 0 heterocycles. The minimum atomic E-state index is -0.978. The van der Waals surface area contributed by atoms with Crippen molar-refractivity contribution in [3.8, 4) is 11.1 Å². The number of carboxylic acids is 1. The van der Waals surface area contributed by atoms with Crippen LogP contribution >= 0.6 is 0 Å². The molecule has 7 nitrogen and oxygen atoms in total. The maximum Gasteiger partial charge on any atom is 0.407 e. The van der Waals surface area contributed by atoms with Gasteiger partial charge in [-0.2, -0.15) is 0 Å².